The number of aliphatic hydroxyl groups is 1. The molecule has 394 valence electrons. The van der Waals surface area contributed by atoms with E-state index in [0.717, 1.165) is 97.5 Å². The number of nitrogens with one attached hydrogen (secondary N) is 3. The fraction of sp³-hybridized carbons (Fsp3) is 0.558. The Labute approximate surface area is 440 Å². The average molecular weight is 1060 g/mol. The highest BCUT2D eigenvalue weighted by Crippen LogP contribution is 2.41. The van der Waals surface area contributed by atoms with Crippen molar-refractivity contribution in [3.05, 3.63) is 70.6 Å². The number of likely N-dealkylation sites (tertiary alicyclic amines) is 1. The van der Waals surface area contributed by atoms with E-state index in [1.54, 1.807) is 44.7 Å². The number of piperidine rings is 1. The molecule has 1 saturated carbocycles. The molecule has 2 aromatic carbocycles. The van der Waals surface area contributed by atoms with E-state index < -0.39 is 47.0 Å². The molecule has 3 saturated heterocycles. The number of aryl methyl sites for hydroxylation is 1. The third-order valence-electron chi connectivity index (χ3n) is 14.4. The van der Waals surface area contributed by atoms with Gasteiger partial charge in [-0.1, -0.05) is 69.3 Å². The molecular formula is C52H69ClFN11O6S2. The minimum atomic E-state index is -1.98. The molecule has 8 rings (SSSR count). The Morgan fingerprint density at radius 1 is 1.01 bits per heavy atom. The van der Waals surface area contributed by atoms with Gasteiger partial charge in [-0.05, 0) is 80.2 Å². The maximum atomic E-state index is 14.7. The normalized spacial score (nSPS) is 20.3. The number of ether oxygens (including phenoxy) is 1. The predicted molar refractivity (Wildman–Crippen MR) is 283 cm³/mol. The van der Waals surface area contributed by atoms with Crippen molar-refractivity contribution < 1.29 is 33.4 Å². The number of halogens is 2. The topological polar surface area (TPSA) is 211 Å². The fourth-order valence-corrected chi connectivity index (χ4v) is 11.3. The number of hydrogen-bond acceptors (Lipinski definition) is 15. The molecule has 21 heteroatoms. The van der Waals surface area contributed by atoms with Gasteiger partial charge < -0.3 is 46.2 Å². The Morgan fingerprint density at radius 2 is 1.75 bits per heavy atom. The zero-order chi connectivity index (χ0) is 52.1. The number of thiazole rings is 1. The first kappa shape index (κ1) is 54.3. The van der Waals surface area contributed by atoms with Crippen LogP contribution in [0.4, 0.5) is 15.9 Å². The molecular weight excluding hydrogens is 993 g/mol. The predicted octanol–water partition coefficient (Wildman–Crippen LogP) is 5.91. The van der Waals surface area contributed by atoms with Gasteiger partial charge in [-0.2, -0.15) is 0 Å². The molecule has 0 bridgehead atoms. The molecule has 3 aliphatic heterocycles. The highest BCUT2D eigenvalue weighted by atomic mass is 35.5. The van der Waals surface area contributed by atoms with E-state index >= 15 is 0 Å². The van der Waals surface area contributed by atoms with Gasteiger partial charge in [-0.3, -0.25) is 24.1 Å². The Kier molecular flexibility index (Phi) is 17.3. The van der Waals surface area contributed by atoms with E-state index in [-0.39, 0.29) is 50.2 Å². The molecule has 5 heterocycles. The SMILES string of the molecule is Cc1ncsc1-c1ccc(CNC(=O)C2CC(O)CN2C(=O)[C@@H](NC(=O)C2(F)CC2)C(C)(C)C)c(OCCCN2CCN(CC(=O)Nc3cccc(Sc4cnc(N5CCC(C)(CN)CC5)cn4)c3Cl)CC2)c1. The molecule has 0 radical (unpaired) electrons. The third kappa shape index (κ3) is 13.7. The van der Waals surface area contributed by atoms with Crippen molar-refractivity contribution in [2.45, 2.75) is 113 Å². The summed E-state index contributed by atoms with van der Waals surface area (Å²) in [6, 6.07) is 9.31. The van der Waals surface area contributed by atoms with Crippen LogP contribution in [0.15, 0.2) is 64.2 Å². The number of hydrogen-bond donors (Lipinski definition) is 5. The number of carbonyl (C=O) groups excluding carboxylic acids is 4. The van der Waals surface area contributed by atoms with Gasteiger partial charge in [0.05, 0.1) is 58.4 Å². The second-order valence-electron chi connectivity index (χ2n) is 21.2. The van der Waals surface area contributed by atoms with E-state index in [1.165, 1.54) is 28.0 Å². The fourth-order valence-electron chi connectivity index (χ4n) is 9.41. The molecule has 4 amide bonds. The second-order valence-corrected chi connectivity index (χ2v) is 23.5. The van der Waals surface area contributed by atoms with Crippen LogP contribution in [0.2, 0.25) is 5.02 Å². The van der Waals surface area contributed by atoms with Crippen LogP contribution in [-0.2, 0) is 25.7 Å². The van der Waals surface area contributed by atoms with Gasteiger partial charge in [0.2, 0.25) is 17.7 Å². The highest BCUT2D eigenvalue weighted by molar-refractivity contribution is 7.99. The maximum absolute atomic E-state index is 14.7. The number of aliphatic hydroxyl groups excluding tert-OH is 1. The molecule has 4 aliphatic rings. The van der Waals surface area contributed by atoms with Gasteiger partial charge in [-0.25, -0.2) is 19.3 Å². The first-order valence-electron chi connectivity index (χ1n) is 25.2. The van der Waals surface area contributed by atoms with Crippen LogP contribution in [0.1, 0.15) is 77.5 Å². The summed E-state index contributed by atoms with van der Waals surface area (Å²) >= 11 is 9.76. The minimum absolute atomic E-state index is 0.0236. The molecule has 1 aliphatic carbocycles. The number of β-amino-alcohol motifs (C(OH)–C–C–N with tert-alkyl or cyclic N) is 1. The summed E-state index contributed by atoms with van der Waals surface area (Å²) in [5.74, 6) is -0.516. The van der Waals surface area contributed by atoms with Crippen LogP contribution < -0.4 is 31.3 Å². The number of anilines is 2. The van der Waals surface area contributed by atoms with Crippen molar-refractivity contribution in [3.8, 4) is 16.2 Å². The molecule has 2 unspecified atom stereocenters. The number of alkyl halides is 1. The van der Waals surface area contributed by atoms with Gasteiger partial charge in [0.25, 0.3) is 5.91 Å². The van der Waals surface area contributed by atoms with Crippen molar-refractivity contribution in [1.29, 1.82) is 0 Å². The first-order valence-corrected chi connectivity index (χ1v) is 27.3. The Bertz CT molecular complexity index is 2600. The zero-order valence-corrected chi connectivity index (χ0v) is 44.8. The first-order chi connectivity index (χ1) is 34.8. The quantitative estimate of drug-likeness (QED) is 0.0692. The molecule has 17 nitrogen and oxygen atoms in total. The number of rotatable bonds is 19. The van der Waals surface area contributed by atoms with Crippen molar-refractivity contribution in [2.24, 2.45) is 16.6 Å². The largest absolute Gasteiger partial charge is 0.493 e. The Balaban J connectivity index is 0.800. The number of nitrogens with two attached hydrogens (primary N) is 1. The maximum Gasteiger partial charge on any atom is 0.258 e. The highest BCUT2D eigenvalue weighted by Gasteiger charge is 2.53. The zero-order valence-electron chi connectivity index (χ0n) is 42.4. The summed E-state index contributed by atoms with van der Waals surface area (Å²) in [5.41, 5.74) is 8.31. The average Bonchev–Trinajstić information content (AvgIpc) is 3.78. The van der Waals surface area contributed by atoms with E-state index in [2.05, 4.69) is 52.5 Å². The minimum Gasteiger partial charge on any atom is -0.493 e. The van der Waals surface area contributed by atoms with Gasteiger partial charge in [0.1, 0.15) is 28.7 Å². The summed E-state index contributed by atoms with van der Waals surface area (Å²) in [5, 5.41) is 20.4. The monoisotopic (exact) mass is 1060 g/mol. The van der Waals surface area contributed by atoms with Crippen LogP contribution in [0.25, 0.3) is 10.4 Å². The lowest BCUT2D eigenvalue weighted by Gasteiger charge is -2.39. The Morgan fingerprint density at radius 3 is 2.41 bits per heavy atom. The van der Waals surface area contributed by atoms with Crippen molar-refractivity contribution in [3.63, 3.8) is 0 Å². The molecule has 73 heavy (non-hydrogen) atoms. The molecule has 4 fully saturated rings. The standard InChI is InChI=1S/C52H69ClFN11O6S2/c1-33-45(72-32-59-33)34-10-11-35(26-58-47(68)38-25-36(66)29-65(38)48(69)46(50(2,3)4)61-49(70)52(54)12-13-52)39(24-34)71-23-7-16-62-19-21-63(22-20-62)30-42(67)60-37-8-6-9-40(44(37)53)73-43-28-56-41(27-57-43)64-17-14-51(5,31-55)15-18-64/h6,8-11,24,27-28,32,36,38,46,66H,7,12-23,25-26,29-31,55H2,1-5H3,(H,58,68)(H,60,67)(H,61,70)/t36?,38?,46-/m1/s1. The van der Waals surface area contributed by atoms with E-state index in [1.807, 2.05) is 37.3 Å². The van der Waals surface area contributed by atoms with Crippen LogP contribution in [-0.4, -0.2) is 154 Å². The summed E-state index contributed by atoms with van der Waals surface area (Å²) in [6.45, 7) is 16.4. The smallest absolute Gasteiger partial charge is 0.258 e. The van der Waals surface area contributed by atoms with Gasteiger partial charge >= 0.3 is 0 Å². The number of carbonyl (C=O) groups is 4. The second kappa shape index (κ2) is 23.3. The summed E-state index contributed by atoms with van der Waals surface area (Å²) in [7, 11) is 0. The Hall–Kier alpha value is -4.96. The van der Waals surface area contributed by atoms with Crippen molar-refractivity contribution in [1.82, 2.24) is 40.3 Å². The third-order valence-corrected chi connectivity index (χ3v) is 16.9. The lowest BCUT2D eigenvalue weighted by atomic mass is 9.80. The van der Waals surface area contributed by atoms with Gasteiger partial charge in [0.15, 0.2) is 5.67 Å². The number of benzene rings is 2. The van der Waals surface area contributed by atoms with Gasteiger partial charge in [0, 0.05) is 75.8 Å². The van der Waals surface area contributed by atoms with Crippen LogP contribution >= 0.6 is 34.7 Å². The van der Waals surface area contributed by atoms with Crippen molar-refractivity contribution in [2.75, 3.05) is 82.3 Å². The van der Waals surface area contributed by atoms with Gasteiger partial charge in [-0.15, -0.1) is 11.3 Å². The molecule has 4 aromatic rings. The molecule has 3 atom stereocenters. The van der Waals surface area contributed by atoms with Crippen LogP contribution in [0, 0.1) is 17.8 Å². The number of piperazine rings is 1. The summed E-state index contributed by atoms with van der Waals surface area (Å²) in [4.78, 5) is 77.4. The number of amides is 4. The number of nitrogens with zero attached hydrogens (tertiary/aromatic N) is 7. The van der Waals surface area contributed by atoms with E-state index in [9.17, 15) is 28.7 Å². The molecule has 0 spiro atoms. The molecule has 2 aromatic heterocycles. The van der Waals surface area contributed by atoms with Crippen LogP contribution in [0.3, 0.4) is 0 Å². The summed E-state index contributed by atoms with van der Waals surface area (Å²) in [6.07, 6.45) is 5.62. The lowest BCUT2D eigenvalue weighted by molar-refractivity contribution is -0.145. The lowest BCUT2D eigenvalue weighted by Crippen LogP contribution is -2.59. The summed E-state index contributed by atoms with van der Waals surface area (Å²) < 4.78 is 21.1. The van der Waals surface area contributed by atoms with E-state index in [4.69, 9.17) is 22.1 Å². The molecule has 6 N–H and O–H groups in total. The van der Waals surface area contributed by atoms with Crippen LogP contribution in [0.5, 0.6) is 5.75 Å². The van der Waals surface area contributed by atoms with Crippen molar-refractivity contribution >= 4 is 69.8 Å². The van der Waals surface area contributed by atoms with E-state index in [0.29, 0.717) is 34.6 Å². The number of aromatic nitrogens is 3.